The zero-order chi connectivity index (χ0) is 15.8. The number of hydrogen-bond acceptors (Lipinski definition) is 3. The summed E-state index contributed by atoms with van der Waals surface area (Å²) >= 11 is 0. The van der Waals surface area contributed by atoms with Gasteiger partial charge in [0.1, 0.15) is 12.9 Å². The first kappa shape index (κ1) is 16.5. The highest BCUT2D eigenvalue weighted by molar-refractivity contribution is 5.67. The maximum Gasteiger partial charge on any atom is 0.409 e. The van der Waals surface area contributed by atoms with Crippen LogP contribution in [-0.2, 0) is 16.1 Å². The Kier molecular flexibility index (Phi) is 6.44. The Morgan fingerprint density at radius 2 is 1.82 bits per heavy atom. The molecular weight excluding hydrogens is 278 g/mol. The number of amides is 1. The summed E-state index contributed by atoms with van der Waals surface area (Å²) in [7, 11) is 1.80. The Morgan fingerprint density at radius 3 is 2.45 bits per heavy atom. The molecule has 0 radical (unpaired) electrons. The first-order valence-electron chi connectivity index (χ1n) is 8.04. The maximum absolute atomic E-state index is 12.0. The van der Waals surface area contributed by atoms with Gasteiger partial charge in [0.25, 0.3) is 0 Å². The number of carbonyl (C=O) groups is 2. The van der Waals surface area contributed by atoms with Gasteiger partial charge in [-0.05, 0) is 43.1 Å². The molecule has 0 aromatic heterocycles. The summed E-state index contributed by atoms with van der Waals surface area (Å²) < 4.78 is 5.33. The van der Waals surface area contributed by atoms with Crippen molar-refractivity contribution in [2.24, 2.45) is 11.8 Å². The number of carbonyl (C=O) groups excluding carboxylic acids is 2. The third-order valence-electron chi connectivity index (χ3n) is 4.44. The summed E-state index contributed by atoms with van der Waals surface area (Å²) in [6.45, 7) is 1.05. The van der Waals surface area contributed by atoms with Gasteiger partial charge in [-0.2, -0.15) is 0 Å². The summed E-state index contributed by atoms with van der Waals surface area (Å²) in [5.74, 6) is 1.07. The van der Waals surface area contributed by atoms with Crippen LogP contribution in [0.25, 0.3) is 0 Å². The summed E-state index contributed by atoms with van der Waals surface area (Å²) in [5, 5.41) is 0. The summed E-state index contributed by atoms with van der Waals surface area (Å²) in [6, 6.07) is 9.71. The van der Waals surface area contributed by atoms with Crippen molar-refractivity contribution in [1.82, 2.24) is 4.90 Å². The quantitative estimate of drug-likeness (QED) is 0.754. The van der Waals surface area contributed by atoms with Gasteiger partial charge in [-0.1, -0.05) is 30.3 Å². The Bertz CT molecular complexity index is 466. The van der Waals surface area contributed by atoms with E-state index in [2.05, 4.69) is 0 Å². The molecule has 0 aliphatic heterocycles. The van der Waals surface area contributed by atoms with Crippen molar-refractivity contribution in [2.45, 2.75) is 38.7 Å². The zero-order valence-corrected chi connectivity index (χ0v) is 13.2. The Morgan fingerprint density at radius 1 is 1.18 bits per heavy atom. The lowest BCUT2D eigenvalue weighted by Crippen LogP contribution is -2.33. The molecule has 0 saturated heterocycles. The topological polar surface area (TPSA) is 46.6 Å². The van der Waals surface area contributed by atoms with Gasteiger partial charge in [0, 0.05) is 20.0 Å². The highest BCUT2D eigenvalue weighted by atomic mass is 16.6. The van der Waals surface area contributed by atoms with Crippen LogP contribution >= 0.6 is 0 Å². The van der Waals surface area contributed by atoms with Crippen LogP contribution in [0, 0.1) is 11.8 Å². The molecule has 2 rings (SSSR count). The van der Waals surface area contributed by atoms with Crippen molar-refractivity contribution >= 4 is 12.4 Å². The molecule has 22 heavy (non-hydrogen) atoms. The minimum Gasteiger partial charge on any atom is -0.445 e. The van der Waals surface area contributed by atoms with Crippen LogP contribution in [0.1, 0.15) is 37.7 Å². The number of rotatable bonds is 6. The molecule has 4 heteroatoms. The smallest absolute Gasteiger partial charge is 0.409 e. The lowest BCUT2D eigenvalue weighted by atomic mass is 9.80. The van der Waals surface area contributed by atoms with Crippen LogP contribution in [0.5, 0.6) is 0 Å². The zero-order valence-electron chi connectivity index (χ0n) is 13.2. The molecule has 1 aromatic carbocycles. The lowest BCUT2D eigenvalue weighted by Gasteiger charge is -2.30. The van der Waals surface area contributed by atoms with Crippen molar-refractivity contribution < 1.29 is 14.3 Å². The van der Waals surface area contributed by atoms with Crippen LogP contribution in [0.3, 0.4) is 0 Å². The number of aldehydes is 1. The van der Waals surface area contributed by atoms with E-state index >= 15 is 0 Å². The predicted molar refractivity (Wildman–Crippen MR) is 85.4 cm³/mol. The van der Waals surface area contributed by atoms with E-state index in [-0.39, 0.29) is 6.09 Å². The fraction of sp³-hybridized carbons (Fsp3) is 0.556. The second-order valence-electron chi connectivity index (χ2n) is 6.21. The van der Waals surface area contributed by atoms with Crippen molar-refractivity contribution in [2.75, 3.05) is 13.6 Å². The van der Waals surface area contributed by atoms with Gasteiger partial charge < -0.3 is 14.4 Å². The number of hydrogen-bond donors (Lipinski definition) is 0. The third-order valence-corrected chi connectivity index (χ3v) is 4.44. The number of ether oxygens (including phenoxy) is 1. The lowest BCUT2D eigenvalue weighted by molar-refractivity contribution is -0.108. The van der Waals surface area contributed by atoms with Gasteiger partial charge in [0.05, 0.1) is 0 Å². The van der Waals surface area contributed by atoms with Gasteiger partial charge in [0.2, 0.25) is 0 Å². The molecule has 0 heterocycles. The predicted octanol–water partition coefficient (Wildman–Crippen LogP) is 3.65. The van der Waals surface area contributed by atoms with Crippen LogP contribution in [0.4, 0.5) is 4.79 Å². The van der Waals surface area contributed by atoms with Gasteiger partial charge in [0.15, 0.2) is 0 Å². The van der Waals surface area contributed by atoms with Gasteiger partial charge in [-0.15, -0.1) is 0 Å². The Hall–Kier alpha value is -1.84. The van der Waals surface area contributed by atoms with E-state index in [1.165, 1.54) is 0 Å². The standard InChI is InChI=1S/C18H25NO3/c1-19(13-16-9-7-15(8-10-16)11-12-20)18(21)22-14-17-5-3-2-4-6-17/h2-6,12,15-16H,7-11,13-14H2,1H3. The molecule has 1 amide bonds. The highest BCUT2D eigenvalue weighted by Crippen LogP contribution is 2.30. The monoisotopic (exact) mass is 303 g/mol. The van der Waals surface area contributed by atoms with Crippen molar-refractivity contribution in [3.8, 4) is 0 Å². The van der Waals surface area contributed by atoms with Crippen molar-refractivity contribution in [3.05, 3.63) is 35.9 Å². The van der Waals surface area contributed by atoms with Gasteiger partial charge in [-0.25, -0.2) is 4.79 Å². The van der Waals surface area contributed by atoms with E-state index in [0.717, 1.165) is 44.1 Å². The minimum atomic E-state index is -0.265. The molecule has 0 spiro atoms. The molecule has 1 fully saturated rings. The van der Waals surface area contributed by atoms with Gasteiger partial charge >= 0.3 is 6.09 Å². The van der Waals surface area contributed by atoms with Crippen LogP contribution in [0.2, 0.25) is 0 Å². The molecule has 120 valence electrons. The molecule has 1 aliphatic carbocycles. The first-order valence-corrected chi connectivity index (χ1v) is 8.04. The molecule has 4 nitrogen and oxygen atoms in total. The molecule has 0 atom stereocenters. The Labute approximate surface area is 132 Å². The van der Waals surface area contributed by atoms with E-state index in [0.29, 0.717) is 24.9 Å². The third kappa shape index (κ3) is 5.17. The van der Waals surface area contributed by atoms with E-state index < -0.39 is 0 Å². The summed E-state index contributed by atoms with van der Waals surface area (Å²) in [6.07, 6.45) is 5.81. The molecule has 0 N–H and O–H groups in total. The molecule has 1 saturated carbocycles. The van der Waals surface area contributed by atoms with E-state index in [4.69, 9.17) is 4.74 Å². The average molecular weight is 303 g/mol. The second kappa shape index (κ2) is 8.57. The summed E-state index contributed by atoms with van der Waals surface area (Å²) in [5.41, 5.74) is 0.999. The number of benzene rings is 1. The van der Waals surface area contributed by atoms with Crippen molar-refractivity contribution in [3.63, 3.8) is 0 Å². The average Bonchev–Trinajstić information content (AvgIpc) is 2.55. The van der Waals surface area contributed by atoms with Crippen LogP contribution < -0.4 is 0 Å². The second-order valence-corrected chi connectivity index (χ2v) is 6.21. The largest absolute Gasteiger partial charge is 0.445 e. The fourth-order valence-electron chi connectivity index (χ4n) is 3.08. The molecular formula is C18H25NO3. The first-order chi connectivity index (χ1) is 10.7. The fourth-order valence-corrected chi connectivity index (χ4v) is 3.08. The van der Waals surface area contributed by atoms with Crippen LogP contribution in [0.15, 0.2) is 30.3 Å². The normalized spacial score (nSPS) is 21.1. The SMILES string of the molecule is CN(CC1CCC(CC=O)CC1)C(=O)OCc1ccccc1. The van der Waals surface area contributed by atoms with E-state index in [9.17, 15) is 9.59 Å². The van der Waals surface area contributed by atoms with Crippen LogP contribution in [-0.4, -0.2) is 30.9 Å². The maximum atomic E-state index is 12.0. The minimum absolute atomic E-state index is 0.265. The van der Waals surface area contributed by atoms with Crippen molar-refractivity contribution in [1.29, 1.82) is 0 Å². The molecule has 0 bridgehead atoms. The molecule has 1 aliphatic rings. The van der Waals surface area contributed by atoms with Gasteiger partial charge in [-0.3, -0.25) is 0 Å². The number of nitrogens with zero attached hydrogens (tertiary/aromatic N) is 1. The molecule has 0 unspecified atom stereocenters. The Balaban J connectivity index is 1.69. The van der Waals surface area contributed by atoms with E-state index in [1.54, 1.807) is 11.9 Å². The van der Waals surface area contributed by atoms with E-state index in [1.807, 2.05) is 30.3 Å². The highest BCUT2D eigenvalue weighted by Gasteiger charge is 2.23. The summed E-state index contributed by atoms with van der Waals surface area (Å²) in [4.78, 5) is 24.2. The molecule has 1 aromatic rings.